The first-order valence-electron chi connectivity index (χ1n) is 6.73. The van der Waals surface area contributed by atoms with Gasteiger partial charge in [0.2, 0.25) is 0 Å². The average molecular weight is 259 g/mol. The summed E-state index contributed by atoms with van der Waals surface area (Å²) in [5.74, 6) is 2.02. The van der Waals surface area contributed by atoms with E-state index in [1.807, 2.05) is 17.5 Å². The normalized spacial score (nSPS) is 27.7. The number of anilines is 1. The summed E-state index contributed by atoms with van der Waals surface area (Å²) in [4.78, 5) is 7.21. The molecule has 94 valence electrons. The van der Waals surface area contributed by atoms with E-state index >= 15 is 0 Å². The fourth-order valence-electron chi connectivity index (χ4n) is 3.44. The van der Waals surface area contributed by atoms with Crippen LogP contribution in [0, 0.1) is 5.92 Å². The smallest absolute Gasteiger partial charge is 0.137 e. The maximum absolute atomic E-state index is 4.67. The second-order valence-corrected chi connectivity index (χ2v) is 6.24. The van der Waals surface area contributed by atoms with E-state index in [1.54, 1.807) is 0 Å². The quantitative estimate of drug-likeness (QED) is 0.853. The zero-order valence-corrected chi connectivity index (χ0v) is 11.1. The molecular formula is C14H17N3S. The Morgan fingerprint density at radius 3 is 3.33 bits per heavy atom. The van der Waals surface area contributed by atoms with Crippen LogP contribution in [0.3, 0.4) is 0 Å². The van der Waals surface area contributed by atoms with Gasteiger partial charge in [0.05, 0.1) is 0 Å². The van der Waals surface area contributed by atoms with Crippen LogP contribution in [-0.2, 0) is 0 Å². The van der Waals surface area contributed by atoms with Crippen LogP contribution in [0.2, 0.25) is 0 Å². The molecule has 18 heavy (non-hydrogen) atoms. The molecule has 0 spiro atoms. The summed E-state index contributed by atoms with van der Waals surface area (Å²) in [5, 5.41) is 7.04. The van der Waals surface area contributed by atoms with E-state index in [4.69, 9.17) is 0 Å². The predicted molar refractivity (Wildman–Crippen MR) is 76.3 cm³/mol. The fraction of sp³-hybridized carbons (Fsp3) is 0.500. The molecule has 2 atom stereocenters. The molecule has 1 N–H and O–H groups in total. The van der Waals surface area contributed by atoms with E-state index in [-0.39, 0.29) is 0 Å². The molecule has 3 nitrogen and oxygen atoms in total. The summed E-state index contributed by atoms with van der Waals surface area (Å²) < 4.78 is 1.35. The van der Waals surface area contributed by atoms with Crippen molar-refractivity contribution in [3.63, 3.8) is 0 Å². The van der Waals surface area contributed by atoms with Gasteiger partial charge in [-0.05, 0) is 36.3 Å². The van der Waals surface area contributed by atoms with Gasteiger partial charge in [-0.3, -0.25) is 0 Å². The molecule has 4 rings (SSSR count). The summed E-state index contributed by atoms with van der Waals surface area (Å²) in [7, 11) is 0. The second-order valence-electron chi connectivity index (χ2n) is 5.29. The first kappa shape index (κ1) is 10.8. The SMILES string of the molecule is c1cc2sccc2c(N2CCCC3CNCC32)n1. The van der Waals surface area contributed by atoms with Gasteiger partial charge in [0.15, 0.2) is 0 Å². The van der Waals surface area contributed by atoms with E-state index in [2.05, 4.69) is 32.7 Å². The van der Waals surface area contributed by atoms with E-state index in [9.17, 15) is 0 Å². The minimum absolute atomic E-state index is 0.650. The summed E-state index contributed by atoms with van der Waals surface area (Å²) in [6, 6.07) is 4.99. The van der Waals surface area contributed by atoms with Gasteiger partial charge in [-0.2, -0.15) is 0 Å². The number of nitrogens with zero attached hydrogens (tertiary/aromatic N) is 2. The van der Waals surface area contributed by atoms with Crippen LogP contribution in [0.25, 0.3) is 10.1 Å². The highest BCUT2D eigenvalue weighted by Crippen LogP contribution is 2.35. The van der Waals surface area contributed by atoms with Gasteiger partial charge in [0.25, 0.3) is 0 Å². The standard InChI is InChI=1S/C14H17N3S/c1-2-10-8-15-9-12(10)17(6-1)14-11-4-7-18-13(11)3-5-16-14/h3-5,7,10,12,15H,1-2,6,8-9H2. The number of hydrogen-bond donors (Lipinski definition) is 1. The van der Waals surface area contributed by atoms with Gasteiger partial charge < -0.3 is 10.2 Å². The van der Waals surface area contributed by atoms with Gasteiger partial charge in [-0.25, -0.2) is 4.98 Å². The zero-order chi connectivity index (χ0) is 11.9. The molecule has 0 amide bonds. The molecule has 2 fully saturated rings. The van der Waals surface area contributed by atoms with E-state index in [1.165, 1.54) is 35.3 Å². The molecule has 2 aliphatic rings. The van der Waals surface area contributed by atoms with Crippen molar-refractivity contribution in [2.75, 3.05) is 24.5 Å². The summed E-state index contributed by atoms with van der Waals surface area (Å²) in [6.45, 7) is 3.46. The van der Waals surface area contributed by atoms with Crippen molar-refractivity contribution in [3.8, 4) is 0 Å². The van der Waals surface area contributed by atoms with Gasteiger partial charge in [0, 0.05) is 42.0 Å². The van der Waals surface area contributed by atoms with Crippen LogP contribution in [0.4, 0.5) is 5.82 Å². The Labute approximate surface area is 111 Å². The largest absolute Gasteiger partial charge is 0.351 e. The van der Waals surface area contributed by atoms with Crippen molar-refractivity contribution >= 4 is 27.2 Å². The molecule has 4 heteroatoms. The van der Waals surface area contributed by atoms with Crippen molar-refractivity contribution in [1.29, 1.82) is 0 Å². The van der Waals surface area contributed by atoms with E-state index in [0.717, 1.165) is 19.0 Å². The monoisotopic (exact) mass is 259 g/mol. The highest BCUT2D eigenvalue weighted by atomic mass is 32.1. The third-order valence-corrected chi connectivity index (χ3v) is 5.19. The Kier molecular flexibility index (Phi) is 2.52. The number of aromatic nitrogens is 1. The number of nitrogens with one attached hydrogen (secondary N) is 1. The lowest BCUT2D eigenvalue weighted by Crippen LogP contribution is -2.45. The predicted octanol–water partition coefficient (Wildman–Crippen LogP) is 2.48. The molecule has 2 unspecified atom stereocenters. The Morgan fingerprint density at radius 2 is 2.33 bits per heavy atom. The number of hydrogen-bond acceptors (Lipinski definition) is 4. The summed E-state index contributed by atoms with van der Waals surface area (Å²) in [6.07, 6.45) is 4.62. The van der Waals surface area contributed by atoms with Gasteiger partial charge in [-0.15, -0.1) is 11.3 Å². The highest BCUT2D eigenvalue weighted by Gasteiger charge is 2.36. The topological polar surface area (TPSA) is 28.2 Å². The molecule has 2 aromatic heterocycles. The second kappa shape index (κ2) is 4.21. The molecule has 2 aromatic rings. The lowest BCUT2D eigenvalue weighted by atomic mass is 9.92. The highest BCUT2D eigenvalue weighted by molar-refractivity contribution is 7.17. The van der Waals surface area contributed by atoms with Gasteiger partial charge in [-0.1, -0.05) is 0 Å². The van der Waals surface area contributed by atoms with Gasteiger partial charge in [0.1, 0.15) is 5.82 Å². The minimum Gasteiger partial charge on any atom is -0.351 e. The van der Waals surface area contributed by atoms with E-state index < -0.39 is 0 Å². The molecule has 0 bridgehead atoms. The van der Waals surface area contributed by atoms with Crippen LogP contribution in [0.1, 0.15) is 12.8 Å². The number of pyridine rings is 1. The lowest BCUT2D eigenvalue weighted by Gasteiger charge is -2.38. The third kappa shape index (κ3) is 1.56. The molecule has 0 saturated carbocycles. The van der Waals surface area contributed by atoms with Crippen molar-refractivity contribution in [1.82, 2.24) is 10.3 Å². The maximum Gasteiger partial charge on any atom is 0.137 e. The molecule has 0 aliphatic carbocycles. The van der Waals surface area contributed by atoms with Crippen molar-refractivity contribution < 1.29 is 0 Å². The first-order chi connectivity index (χ1) is 8.93. The van der Waals surface area contributed by atoms with Crippen molar-refractivity contribution in [2.24, 2.45) is 5.92 Å². The molecule has 2 saturated heterocycles. The van der Waals surface area contributed by atoms with Crippen LogP contribution in [0.15, 0.2) is 23.7 Å². The number of rotatable bonds is 1. The number of fused-ring (bicyclic) bond motifs is 2. The fourth-order valence-corrected chi connectivity index (χ4v) is 4.22. The molecule has 2 aliphatic heterocycles. The minimum atomic E-state index is 0.650. The summed E-state index contributed by atoms with van der Waals surface area (Å²) in [5.41, 5.74) is 0. The van der Waals surface area contributed by atoms with Crippen LogP contribution < -0.4 is 10.2 Å². The Bertz CT molecular complexity index is 565. The first-order valence-corrected chi connectivity index (χ1v) is 7.61. The van der Waals surface area contributed by atoms with Crippen molar-refractivity contribution in [2.45, 2.75) is 18.9 Å². The number of piperidine rings is 1. The molecule has 4 heterocycles. The third-order valence-electron chi connectivity index (χ3n) is 4.31. The lowest BCUT2D eigenvalue weighted by molar-refractivity contribution is 0.384. The molecular weight excluding hydrogens is 242 g/mol. The Morgan fingerprint density at radius 1 is 1.33 bits per heavy atom. The Hall–Kier alpha value is -1.13. The number of thiophene rings is 1. The maximum atomic E-state index is 4.67. The van der Waals surface area contributed by atoms with E-state index in [0.29, 0.717) is 6.04 Å². The van der Waals surface area contributed by atoms with Crippen LogP contribution in [0.5, 0.6) is 0 Å². The Balaban J connectivity index is 1.79. The van der Waals surface area contributed by atoms with Crippen LogP contribution in [-0.4, -0.2) is 30.7 Å². The molecule has 0 aromatic carbocycles. The van der Waals surface area contributed by atoms with Crippen molar-refractivity contribution in [3.05, 3.63) is 23.7 Å². The zero-order valence-electron chi connectivity index (χ0n) is 10.3. The average Bonchev–Trinajstić information content (AvgIpc) is 3.06. The molecule has 0 radical (unpaired) electrons. The van der Waals surface area contributed by atoms with Crippen LogP contribution >= 0.6 is 11.3 Å². The van der Waals surface area contributed by atoms with Gasteiger partial charge >= 0.3 is 0 Å². The summed E-state index contributed by atoms with van der Waals surface area (Å²) >= 11 is 1.81.